The van der Waals surface area contributed by atoms with Gasteiger partial charge in [-0.1, -0.05) is 35.5 Å². The molecular formula is C15H18ClN5OS. The Morgan fingerprint density at radius 2 is 2.04 bits per heavy atom. The molecule has 0 unspecified atom stereocenters. The van der Waals surface area contributed by atoms with Gasteiger partial charge in [-0.05, 0) is 38.5 Å². The third-order valence-corrected chi connectivity index (χ3v) is 4.98. The monoisotopic (exact) mass is 351 g/mol. The van der Waals surface area contributed by atoms with Crippen molar-refractivity contribution in [3.63, 3.8) is 0 Å². The highest BCUT2D eigenvalue weighted by atomic mass is 35.5. The van der Waals surface area contributed by atoms with Crippen LogP contribution in [0.4, 0.5) is 0 Å². The first-order valence-corrected chi connectivity index (χ1v) is 8.62. The van der Waals surface area contributed by atoms with Gasteiger partial charge in [0.15, 0.2) is 0 Å². The second kappa shape index (κ2) is 6.41. The number of hydrogen-bond acceptors (Lipinski definition) is 5. The smallest absolute Gasteiger partial charge is 0.236 e. The van der Waals surface area contributed by atoms with E-state index in [9.17, 15) is 4.79 Å². The molecule has 0 aliphatic carbocycles. The van der Waals surface area contributed by atoms with Gasteiger partial charge in [0.05, 0.1) is 6.04 Å². The lowest BCUT2D eigenvalue weighted by Gasteiger charge is -2.33. The first kappa shape index (κ1) is 16.1. The summed E-state index contributed by atoms with van der Waals surface area (Å²) in [5, 5.41) is 12.2. The van der Waals surface area contributed by atoms with Gasteiger partial charge in [-0.15, -0.1) is 10.2 Å². The van der Waals surface area contributed by atoms with Crippen molar-refractivity contribution >= 4 is 29.3 Å². The highest BCUT2D eigenvalue weighted by molar-refractivity contribution is 8.00. The van der Waals surface area contributed by atoms with Crippen LogP contribution < -0.4 is 10.7 Å². The zero-order valence-corrected chi connectivity index (χ0v) is 14.6. The van der Waals surface area contributed by atoms with E-state index in [1.54, 1.807) is 0 Å². The van der Waals surface area contributed by atoms with Crippen LogP contribution in [-0.4, -0.2) is 32.1 Å². The number of aryl methyl sites for hydroxylation is 1. The highest BCUT2D eigenvalue weighted by Crippen LogP contribution is 2.37. The van der Waals surface area contributed by atoms with Gasteiger partial charge in [0, 0.05) is 11.1 Å². The topological polar surface area (TPSA) is 71.8 Å². The van der Waals surface area contributed by atoms with E-state index >= 15 is 0 Å². The summed E-state index contributed by atoms with van der Waals surface area (Å²) >= 11 is 7.39. The van der Waals surface area contributed by atoms with Crippen LogP contribution in [0.3, 0.4) is 0 Å². The number of fused-ring (bicyclic) bond motifs is 1. The first-order valence-electron chi connectivity index (χ1n) is 7.37. The molecular weight excluding hydrogens is 334 g/mol. The van der Waals surface area contributed by atoms with Gasteiger partial charge in [0.1, 0.15) is 11.1 Å². The van der Waals surface area contributed by atoms with Crippen LogP contribution in [0.1, 0.15) is 31.3 Å². The predicted molar refractivity (Wildman–Crippen MR) is 91.2 cm³/mol. The molecule has 6 nitrogen and oxygen atoms in total. The number of carbonyl (C=O) groups excluding carboxylic acids is 1. The maximum absolute atomic E-state index is 12.6. The molecule has 23 heavy (non-hydrogen) atoms. The van der Waals surface area contributed by atoms with Crippen molar-refractivity contribution in [3.8, 4) is 0 Å². The minimum Gasteiger partial charge on any atom is -0.353 e. The number of hydrogen-bond donors (Lipinski definition) is 2. The summed E-state index contributed by atoms with van der Waals surface area (Å²) in [5.74, 6) is 0.735. The summed E-state index contributed by atoms with van der Waals surface area (Å²) in [7, 11) is 0. The quantitative estimate of drug-likeness (QED) is 0.889. The molecule has 0 saturated carbocycles. The maximum Gasteiger partial charge on any atom is 0.236 e. The number of rotatable bonds is 3. The lowest BCUT2D eigenvalue weighted by atomic mass is 10.0. The van der Waals surface area contributed by atoms with Crippen molar-refractivity contribution in [1.82, 2.24) is 20.2 Å². The molecule has 2 heterocycles. The van der Waals surface area contributed by atoms with Crippen LogP contribution in [0.25, 0.3) is 0 Å². The average molecular weight is 352 g/mol. The fourth-order valence-corrected chi connectivity index (χ4v) is 3.71. The van der Waals surface area contributed by atoms with Crippen molar-refractivity contribution in [3.05, 3.63) is 40.7 Å². The summed E-state index contributed by atoms with van der Waals surface area (Å²) in [6, 6.07) is 7.40. The molecule has 122 valence electrons. The van der Waals surface area contributed by atoms with Crippen molar-refractivity contribution in [2.45, 2.75) is 43.3 Å². The van der Waals surface area contributed by atoms with Crippen molar-refractivity contribution < 1.29 is 4.79 Å². The molecule has 3 rings (SSSR count). The predicted octanol–water partition coefficient (Wildman–Crippen LogP) is 2.52. The fraction of sp³-hybridized carbons (Fsp3) is 0.400. The van der Waals surface area contributed by atoms with Crippen LogP contribution in [0.15, 0.2) is 29.4 Å². The molecule has 0 radical (unpaired) electrons. The number of thioether (sulfide) groups is 1. The van der Waals surface area contributed by atoms with Crippen molar-refractivity contribution in [2.75, 3.05) is 5.43 Å². The minimum absolute atomic E-state index is 0.0237. The van der Waals surface area contributed by atoms with E-state index in [0.29, 0.717) is 10.2 Å². The van der Waals surface area contributed by atoms with Gasteiger partial charge >= 0.3 is 0 Å². The van der Waals surface area contributed by atoms with E-state index in [4.69, 9.17) is 11.6 Å². The Hall–Kier alpha value is -1.73. The molecule has 2 aromatic rings. The number of aromatic nitrogens is 3. The first-order chi connectivity index (χ1) is 11.0. The van der Waals surface area contributed by atoms with Crippen LogP contribution >= 0.6 is 23.4 Å². The van der Waals surface area contributed by atoms with Crippen LogP contribution in [0, 0.1) is 6.92 Å². The SMILES string of the molecule is Cc1nnc2n1N[C@@H](c1ccc(Cl)cc1)[C@@H](C(=O)NC(C)C)S2. The van der Waals surface area contributed by atoms with E-state index in [-0.39, 0.29) is 23.2 Å². The zero-order chi connectivity index (χ0) is 16.6. The Kier molecular flexibility index (Phi) is 4.50. The molecule has 8 heteroatoms. The Morgan fingerprint density at radius 3 is 2.70 bits per heavy atom. The molecule has 0 spiro atoms. The largest absolute Gasteiger partial charge is 0.353 e. The molecule has 1 amide bonds. The molecule has 2 N–H and O–H groups in total. The fourth-order valence-electron chi connectivity index (χ4n) is 2.45. The molecule has 0 fully saturated rings. The van der Waals surface area contributed by atoms with E-state index < -0.39 is 0 Å². The third kappa shape index (κ3) is 3.30. The summed E-state index contributed by atoms with van der Waals surface area (Å²) in [6.45, 7) is 5.77. The molecule has 1 aliphatic rings. The molecule has 2 atom stereocenters. The number of halogens is 1. The van der Waals surface area contributed by atoms with E-state index in [0.717, 1.165) is 11.4 Å². The lowest BCUT2D eigenvalue weighted by molar-refractivity contribution is -0.121. The minimum atomic E-state index is -0.338. The Bertz CT molecular complexity index is 715. The summed E-state index contributed by atoms with van der Waals surface area (Å²) in [4.78, 5) is 12.6. The molecule has 1 aliphatic heterocycles. The van der Waals surface area contributed by atoms with Crippen LogP contribution in [0.5, 0.6) is 0 Å². The highest BCUT2D eigenvalue weighted by Gasteiger charge is 2.37. The van der Waals surface area contributed by atoms with E-state index in [2.05, 4.69) is 20.9 Å². The van der Waals surface area contributed by atoms with Gasteiger partial charge in [0.25, 0.3) is 0 Å². The van der Waals surface area contributed by atoms with Gasteiger partial charge in [-0.2, -0.15) is 0 Å². The Labute approximate surface area is 144 Å². The number of amides is 1. The average Bonchev–Trinajstić information content (AvgIpc) is 2.87. The normalized spacial score (nSPS) is 20.0. The summed E-state index contributed by atoms with van der Waals surface area (Å²) in [5.41, 5.74) is 4.34. The summed E-state index contributed by atoms with van der Waals surface area (Å²) in [6.07, 6.45) is 0. The zero-order valence-electron chi connectivity index (χ0n) is 13.1. The lowest BCUT2D eigenvalue weighted by Crippen LogP contribution is -2.45. The Balaban J connectivity index is 1.96. The van der Waals surface area contributed by atoms with Gasteiger partial charge in [0.2, 0.25) is 11.1 Å². The van der Waals surface area contributed by atoms with Gasteiger partial charge in [-0.3, -0.25) is 4.79 Å². The summed E-state index contributed by atoms with van der Waals surface area (Å²) < 4.78 is 1.82. The molecule has 1 aromatic carbocycles. The van der Waals surface area contributed by atoms with E-state index in [1.807, 2.05) is 49.7 Å². The van der Waals surface area contributed by atoms with Crippen LogP contribution in [0.2, 0.25) is 5.02 Å². The Morgan fingerprint density at radius 1 is 1.35 bits per heavy atom. The van der Waals surface area contributed by atoms with Crippen molar-refractivity contribution in [1.29, 1.82) is 0 Å². The maximum atomic E-state index is 12.6. The number of nitrogens with zero attached hydrogens (tertiary/aromatic N) is 3. The standard InChI is InChI=1S/C15H18ClN5OS/c1-8(2)17-14(22)13-12(10-4-6-11(16)7-5-10)20-21-9(3)18-19-15(21)23-13/h4-8,12-13,20H,1-3H3,(H,17,22)/t12-,13-/m0/s1. The second-order valence-corrected chi connectivity index (χ2v) is 7.27. The molecule has 0 saturated heterocycles. The second-order valence-electron chi connectivity index (χ2n) is 5.73. The molecule has 1 aromatic heterocycles. The van der Waals surface area contributed by atoms with Gasteiger partial charge in [-0.25, -0.2) is 4.68 Å². The number of nitrogens with one attached hydrogen (secondary N) is 2. The molecule has 0 bridgehead atoms. The van der Waals surface area contributed by atoms with E-state index in [1.165, 1.54) is 11.8 Å². The van der Waals surface area contributed by atoms with Gasteiger partial charge < -0.3 is 10.7 Å². The van der Waals surface area contributed by atoms with Crippen molar-refractivity contribution in [2.24, 2.45) is 0 Å². The number of benzene rings is 1. The third-order valence-electron chi connectivity index (χ3n) is 3.52. The number of carbonyl (C=O) groups is 1. The van der Waals surface area contributed by atoms with Crippen LogP contribution in [-0.2, 0) is 4.79 Å².